The first-order valence-corrected chi connectivity index (χ1v) is 13.4. The number of aromatic nitrogens is 2. The summed E-state index contributed by atoms with van der Waals surface area (Å²) in [7, 11) is 3.05. The molecule has 12 heteroatoms. The van der Waals surface area contributed by atoms with Crippen molar-refractivity contribution in [2.45, 2.75) is 44.7 Å². The van der Waals surface area contributed by atoms with Crippen molar-refractivity contribution in [3.63, 3.8) is 0 Å². The Kier molecular flexibility index (Phi) is 8.94. The van der Waals surface area contributed by atoms with Crippen LogP contribution in [0.2, 0.25) is 10.0 Å². The summed E-state index contributed by atoms with van der Waals surface area (Å²) in [6.45, 7) is 9.70. The highest BCUT2D eigenvalue weighted by Gasteiger charge is 2.38. The van der Waals surface area contributed by atoms with Gasteiger partial charge in [-0.3, -0.25) is 5.32 Å². The van der Waals surface area contributed by atoms with Crippen LogP contribution >= 0.6 is 23.2 Å². The molecule has 1 aliphatic heterocycles. The molecule has 1 fully saturated rings. The van der Waals surface area contributed by atoms with Gasteiger partial charge < -0.3 is 29.5 Å². The molecule has 214 valence electrons. The number of aliphatic hydroxyl groups excluding tert-OH is 1. The highest BCUT2D eigenvalue weighted by atomic mass is 35.5. The van der Waals surface area contributed by atoms with E-state index in [0.717, 1.165) is 10.9 Å². The summed E-state index contributed by atoms with van der Waals surface area (Å²) in [6.07, 6.45) is 1.69. The summed E-state index contributed by atoms with van der Waals surface area (Å²) in [5.41, 5.74) is 1.37. The fraction of sp³-hybridized carbons (Fsp3) is 0.393. The minimum absolute atomic E-state index is 0.305. The van der Waals surface area contributed by atoms with Gasteiger partial charge in [0.05, 0.1) is 35.8 Å². The number of hydrogen-bond donors (Lipinski definition) is 3. The Bertz CT molecular complexity index is 1390. The number of carbonyl (C=O) groups is 1. The third-order valence-corrected chi connectivity index (χ3v) is 7.09. The Labute approximate surface area is 243 Å². The maximum Gasteiger partial charge on any atom is 0.410 e. The second kappa shape index (κ2) is 12.1. The van der Waals surface area contributed by atoms with E-state index in [9.17, 15) is 9.90 Å². The molecule has 0 spiro atoms. The minimum atomic E-state index is -0.947. The first kappa shape index (κ1) is 29.7. The molecule has 2 heterocycles. The molecule has 1 aromatic heterocycles. The van der Waals surface area contributed by atoms with Crippen molar-refractivity contribution < 1.29 is 24.1 Å². The maximum atomic E-state index is 12.7. The average Bonchev–Trinajstić information content (AvgIpc) is 3.30. The lowest BCUT2D eigenvalue weighted by Gasteiger charge is -2.24. The maximum absolute atomic E-state index is 12.7. The van der Waals surface area contributed by atoms with Gasteiger partial charge in [-0.05, 0) is 44.5 Å². The normalized spacial score (nSPS) is 17.9. The number of ether oxygens (including phenoxy) is 3. The van der Waals surface area contributed by atoms with Gasteiger partial charge in [-0.2, -0.15) is 0 Å². The number of aliphatic hydroxyl groups is 1. The molecule has 3 N–H and O–H groups in total. The topological polar surface area (TPSA) is 118 Å². The molecular weight excluding hydrogens is 557 g/mol. The minimum Gasteiger partial charge on any atom is -0.495 e. The number of hydrogen-bond acceptors (Lipinski definition) is 9. The molecule has 40 heavy (non-hydrogen) atoms. The Morgan fingerprint density at radius 1 is 1.15 bits per heavy atom. The largest absolute Gasteiger partial charge is 0.495 e. The summed E-state index contributed by atoms with van der Waals surface area (Å²) in [4.78, 5) is 23.5. The molecule has 1 aliphatic rings. The van der Waals surface area contributed by atoms with E-state index in [0.29, 0.717) is 51.7 Å². The lowest BCUT2D eigenvalue weighted by molar-refractivity contribution is 0.0286. The van der Waals surface area contributed by atoms with Gasteiger partial charge >= 0.3 is 6.09 Å². The molecule has 3 unspecified atom stereocenters. The van der Waals surface area contributed by atoms with Crippen molar-refractivity contribution in [2.75, 3.05) is 32.6 Å². The number of nitrogens with zero attached hydrogens (tertiary/aromatic N) is 3. The number of nitrogens with one attached hydrogen (secondary N) is 2. The van der Waals surface area contributed by atoms with Gasteiger partial charge in [0.15, 0.2) is 0 Å². The van der Waals surface area contributed by atoms with Crippen LogP contribution in [0.15, 0.2) is 43.1 Å². The van der Waals surface area contributed by atoms with E-state index in [1.807, 2.05) is 39.0 Å². The van der Waals surface area contributed by atoms with Gasteiger partial charge in [-0.1, -0.05) is 35.8 Å². The average molecular weight is 591 g/mol. The second-order valence-corrected chi connectivity index (χ2v) is 11.1. The van der Waals surface area contributed by atoms with E-state index in [-0.39, 0.29) is 12.1 Å². The van der Waals surface area contributed by atoms with E-state index >= 15 is 0 Å². The zero-order valence-electron chi connectivity index (χ0n) is 23.0. The molecule has 3 atom stereocenters. The van der Waals surface area contributed by atoms with Crippen molar-refractivity contribution in [2.24, 2.45) is 0 Å². The van der Waals surface area contributed by atoms with E-state index < -0.39 is 17.9 Å². The van der Waals surface area contributed by atoms with Crippen molar-refractivity contribution >= 4 is 46.1 Å². The number of carbonyl (C=O) groups excluding carboxylic acids is 1. The molecule has 0 bridgehead atoms. The fourth-order valence-electron chi connectivity index (χ4n) is 4.45. The molecule has 10 nitrogen and oxygen atoms in total. The van der Waals surface area contributed by atoms with E-state index in [4.69, 9.17) is 37.4 Å². The smallest absolute Gasteiger partial charge is 0.410 e. The lowest BCUT2D eigenvalue weighted by atomic mass is 10.0. The van der Waals surface area contributed by atoms with Crippen LogP contribution in [0.4, 0.5) is 10.7 Å². The molecule has 0 saturated carbocycles. The molecule has 1 amide bonds. The van der Waals surface area contributed by atoms with Crippen LogP contribution in [0.3, 0.4) is 0 Å². The highest BCUT2D eigenvalue weighted by molar-refractivity contribution is 6.41. The van der Waals surface area contributed by atoms with Gasteiger partial charge in [0, 0.05) is 42.3 Å². The van der Waals surface area contributed by atoms with E-state index in [1.54, 1.807) is 17.2 Å². The zero-order chi connectivity index (χ0) is 29.2. The Hall–Kier alpha value is -3.31. The molecule has 1 saturated heterocycles. The molecule has 2 aromatic carbocycles. The number of likely N-dealkylation sites (tertiary alicyclic amines) is 1. The van der Waals surface area contributed by atoms with E-state index in [2.05, 4.69) is 27.2 Å². The van der Waals surface area contributed by atoms with Gasteiger partial charge in [0.2, 0.25) is 5.95 Å². The number of benzene rings is 2. The third kappa shape index (κ3) is 6.52. The SMILES string of the molecule is C=CC(O)NC1CN(C(=O)OC(C)(C)C)CC1Nc1ncc2cc(-c3c(Cl)c(OC)cc(OC)c3Cl)ccc2n1. The van der Waals surface area contributed by atoms with E-state index in [1.165, 1.54) is 20.3 Å². The first-order valence-electron chi connectivity index (χ1n) is 12.6. The van der Waals surface area contributed by atoms with Crippen LogP contribution in [-0.2, 0) is 4.74 Å². The van der Waals surface area contributed by atoms with Crippen LogP contribution in [0, 0.1) is 0 Å². The Balaban J connectivity index is 1.60. The predicted molar refractivity (Wildman–Crippen MR) is 156 cm³/mol. The number of halogens is 2. The molecule has 4 rings (SSSR count). The number of rotatable bonds is 8. The first-order chi connectivity index (χ1) is 18.9. The second-order valence-electron chi connectivity index (χ2n) is 10.3. The number of amides is 1. The molecule has 0 aliphatic carbocycles. The molecule has 0 radical (unpaired) electrons. The van der Waals surface area contributed by atoms with Crippen LogP contribution in [0.1, 0.15) is 20.8 Å². The number of anilines is 1. The Morgan fingerprint density at radius 2 is 1.80 bits per heavy atom. The summed E-state index contributed by atoms with van der Waals surface area (Å²) < 4.78 is 16.3. The molecule has 3 aromatic rings. The van der Waals surface area contributed by atoms with Crippen LogP contribution in [-0.4, -0.2) is 77.3 Å². The zero-order valence-corrected chi connectivity index (χ0v) is 24.5. The standard InChI is InChI=1S/C28H33Cl2N5O5/c1-7-22(36)32-18-13-35(27(37)40-28(2,3)4)14-19(18)34-26-31-12-16-10-15(8-9-17(16)33-26)23-24(29)20(38-5)11-21(39-6)25(23)30/h7-12,18-19,22,32,36H,1,13-14H2,2-6H3,(H,31,33,34). The third-order valence-electron chi connectivity index (χ3n) is 6.34. The fourth-order valence-corrected chi connectivity index (χ4v) is 5.16. The van der Waals surface area contributed by atoms with Crippen LogP contribution in [0.25, 0.3) is 22.0 Å². The van der Waals surface area contributed by atoms with Gasteiger partial charge in [0.25, 0.3) is 0 Å². The van der Waals surface area contributed by atoms with Crippen molar-refractivity contribution in [1.29, 1.82) is 0 Å². The van der Waals surface area contributed by atoms with Crippen LogP contribution in [0.5, 0.6) is 11.5 Å². The van der Waals surface area contributed by atoms with Gasteiger partial charge in [-0.15, -0.1) is 0 Å². The Morgan fingerprint density at radius 3 is 2.40 bits per heavy atom. The van der Waals surface area contributed by atoms with Gasteiger partial charge in [-0.25, -0.2) is 14.8 Å². The highest BCUT2D eigenvalue weighted by Crippen LogP contribution is 2.46. The summed E-state index contributed by atoms with van der Waals surface area (Å²) in [5.74, 6) is 1.25. The predicted octanol–water partition coefficient (Wildman–Crippen LogP) is 5.11. The quantitative estimate of drug-likeness (QED) is 0.243. The van der Waals surface area contributed by atoms with Gasteiger partial charge in [0.1, 0.15) is 23.3 Å². The van der Waals surface area contributed by atoms with Crippen molar-refractivity contribution in [3.8, 4) is 22.6 Å². The number of methoxy groups -OCH3 is 2. The summed E-state index contributed by atoms with van der Waals surface area (Å²) in [5, 5.41) is 18.0. The monoisotopic (exact) mass is 589 g/mol. The molecular formula is C28H33Cl2N5O5. The van der Waals surface area contributed by atoms with Crippen LogP contribution < -0.4 is 20.1 Å². The lowest BCUT2D eigenvalue weighted by Crippen LogP contribution is -2.47. The summed E-state index contributed by atoms with van der Waals surface area (Å²) in [6, 6.07) is 6.61. The summed E-state index contributed by atoms with van der Waals surface area (Å²) >= 11 is 13.2. The number of fused-ring (bicyclic) bond motifs is 1. The van der Waals surface area contributed by atoms with Crippen molar-refractivity contribution in [1.82, 2.24) is 20.2 Å². The van der Waals surface area contributed by atoms with Crippen molar-refractivity contribution in [3.05, 3.63) is 53.2 Å².